The molecule has 1 aliphatic rings. The minimum absolute atomic E-state index is 0.0796. The summed E-state index contributed by atoms with van der Waals surface area (Å²) in [7, 11) is 0. The van der Waals surface area contributed by atoms with E-state index in [2.05, 4.69) is 36.6 Å². The van der Waals surface area contributed by atoms with Crippen molar-refractivity contribution in [2.45, 2.75) is 52.2 Å². The van der Waals surface area contributed by atoms with Gasteiger partial charge in [-0.25, -0.2) is 0 Å². The van der Waals surface area contributed by atoms with E-state index in [1.54, 1.807) is 0 Å². The fraction of sp³-hybridized carbons (Fsp3) is 0.750. The van der Waals surface area contributed by atoms with Gasteiger partial charge in [-0.05, 0) is 45.5 Å². The summed E-state index contributed by atoms with van der Waals surface area (Å²) in [4.78, 5) is 5.04. The van der Waals surface area contributed by atoms with Gasteiger partial charge in [0.25, 0.3) is 0 Å². The molecule has 0 radical (unpaired) electrons. The number of hydrogen-bond acceptors (Lipinski definition) is 4. The van der Waals surface area contributed by atoms with Crippen LogP contribution < -0.4 is 5.73 Å². The second kappa shape index (κ2) is 6.74. The Hall–Kier alpha value is -0.840. The number of nitrogens with zero attached hydrogens (tertiary/aromatic N) is 2. The Bertz CT molecular complexity index is 412. The number of aryl methyl sites for hydroxylation is 1. The lowest BCUT2D eigenvalue weighted by atomic mass is 10.1. The van der Waals surface area contributed by atoms with Crippen LogP contribution in [0.3, 0.4) is 0 Å². The molecule has 4 heteroatoms. The predicted octanol–water partition coefficient (Wildman–Crippen LogP) is 2.39. The Morgan fingerprint density at radius 3 is 2.60 bits per heavy atom. The topological polar surface area (TPSA) is 45.6 Å². The molecule has 114 valence electrons. The van der Waals surface area contributed by atoms with E-state index in [0.717, 1.165) is 37.7 Å². The first-order chi connectivity index (χ1) is 9.56. The largest absolute Gasteiger partial charge is 0.465 e. The van der Waals surface area contributed by atoms with Crippen LogP contribution in [0.1, 0.15) is 44.8 Å². The van der Waals surface area contributed by atoms with E-state index in [9.17, 15) is 0 Å². The first-order valence-corrected chi connectivity index (χ1v) is 7.86. The Kier molecular flexibility index (Phi) is 5.24. The Morgan fingerprint density at radius 1 is 1.40 bits per heavy atom. The average molecular weight is 279 g/mol. The molecule has 0 saturated carbocycles. The van der Waals surface area contributed by atoms with Crippen LogP contribution in [-0.4, -0.2) is 48.1 Å². The molecular formula is C16H29N3O. The second-order valence-electron chi connectivity index (χ2n) is 5.91. The van der Waals surface area contributed by atoms with Gasteiger partial charge in [0.15, 0.2) is 0 Å². The lowest BCUT2D eigenvalue weighted by Crippen LogP contribution is -2.41. The lowest BCUT2D eigenvalue weighted by molar-refractivity contribution is 0.160. The fourth-order valence-electron chi connectivity index (χ4n) is 3.44. The number of likely N-dealkylation sites (N-methyl/N-ethyl adjacent to an activating group) is 1. The zero-order valence-corrected chi connectivity index (χ0v) is 13.3. The summed E-state index contributed by atoms with van der Waals surface area (Å²) in [6.07, 6.45) is 1.23. The van der Waals surface area contributed by atoms with E-state index >= 15 is 0 Å². The third-order valence-corrected chi connectivity index (χ3v) is 4.47. The molecule has 20 heavy (non-hydrogen) atoms. The van der Waals surface area contributed by atoms with Gasteiger partial charge in [-0.2, -0.15) is 0 Å². The maximum Gasteiger partial charge on any atom is 0.122 e. The van der Waals surface area contributed by atoms with E-state index in [1.807, 2.05) is 13.0 Å². The highest BCUT2D eigenvalue weighted by Crippen LogP contribution is 2.30. The summed E-state index contributed by atoms with van der Waals surface area (Å²) in [5.41, 5.74) is 6.23. The molecule has 2 rings (SSSR count). The molecule has 1 aromatic heterocycles. The molecule has 1 saturated heterocycles. The first-order valence-electron chi connectivity index (χ1n) is 7.86. The van der Waals surface area contributed by atoms with Gasteiger partial charge in [-0.3, -0.25) is 9.80 Å². The summed E-state index contributed by atoms with van der Waals surface area (Å²) < 4.78 is 5.83. The van der Waals surface area contributed by atoms with Crippen LogP contribution in [0, 0.1) is 6.92 Å². The van der Waals surface area contributed by atoms with Crippen LogP contribution in [0.2, 0.25) is 0 Å². The second-order valence-corrected chi connectivity index (χ2v) is 5.91. The van der Waals surface area contributed by atoms with E-state index in [1.165, 1.54) is 6.42 Å². The highest BCUT2D eigenvalue weighted by molar-refractivity contribution is 5.12. The van der Waals surface area contributed by atoms with Crippen LogP contribution in [-0.2, 0) is 0 Å². The highest BCUT2D eigenvalue weighted by atomic mass is 16.3. The SMILES string of the molecule is CCN(CC)C1CCN(C(c2ccc(C)o2)C(C)N)C1. The molecule has 4 nitrogen and oxygen atoms in total. The van der Waals surface area contributed by atoms with Gasteiger partial charge in [0.1, 0.15) is 11.5 Å². The molecule has 0 spiro atoms. The predicted molar refractivity (Wildman–Crippen MR) is 82.7 cm³/mol. The first kappa shape index (κ1) is 15.5. The zero-order chi connectivity index (χ0) is 14.7. The molecule has 1 aromatic rings. The Morgan fingerprint density at radius 2 is 2.10 bits per heavy atom. The fourth-order valence-corrected chi connectivity index (χ4v) is 3.44. The van der Waals surface area contributed by atoms with Gasteiger partial charge in [0.2, 0.25) is 0 Å². The van der Waals surface area contributed by atoms with E-state index in [0.29, 0.717) is 6.04 Å². The minimum atomic E-state index is 0.0796. The van der Waals surface area contributed by atoms with Crippen LogP contribution in [0.4, 0.5) is 0 Å². The average Bonchev–Trinajstić information content (AvgIpc) is 3.02. The maximum absolute atomic E-state index is 6.23. The third-order valence-electron chi connectivity index (χ3n) is 4.47. The van der Waals surface area contributed by atoms with Crippen molar-refractivity contribution in [3.05, 3.63) is 23.7 Å². The van der Waals surface area contributed by atoms with Crippen molar-refractivity contribution in [2.24, 2.45) is 5.73 Å². The van der Waals surface area contributed by atoms with Crippen molar-refractivity contribution in [1.82, 2.24) is 9.80 Å². The van der Waals surface area contributed by atoms with Gasteiger partial charge in [-0.15, -0.1) is 0 Å². The normalized spacial score (nSPS) is 23.4. The van der Waals surface area contributed by atoms with E-state index in [4.69, 9.17) is 10.2 Å². The minimum Gasteiger partial charge on any atom is -0.465 e. The zero-order valence-electron chi connectivity index (χ0n) is 13.3. The van der Waals surface area contributed by atoms with Gasteiger partial charge < -0.3 is 10.2 Å². The van der Waals surface area contributed by atoms with E-state index < -0.39 is 0 Å². The molecule has 1 aliphatic heterocycles. The molecule has 3 unspecified atom stereocenters. The van der Waals surface area contributed by atoms with E-state index in [-0.39, 0.29) is 12.1 Å². The number of nitrogens with two attached hydrogens (primary N) is 1. The standard InChI is InChI=1S/C16H29N3O/c1-5-18(6-2)14-9-10-19(11-14)16(13(4)17)15-8-7-12(3)20-15/h7-8,13-14,16H,5-6,9-11,17H2,1-4H3. The van der Waals surface area contributed by atoms with Crippen LogP contribution >= 0.6 is 0 Å². The molecule has 3 atom stereocenters. The van der Waals surface area contributed by atoms with Crippen LogP contribution in [0.15, 0.2) is 16.5 Å². The summed E-state index contributed by atoms with van der Waals surface area (Å²) >= 11 is 0. The summed E-state index contributed by atoms with van der Waals surface area (Å²) in [6, 6.07) is 5.04. The van der Waals surface area contributed by atoms with Gasteiger partial charge in [0.05, 0.1) is 6.04 Å². The van der Waals surface area contributed by atoms with Crippen LogP contribution in [0.5, 0.6) is 0 Å². The maximum atomic E-state index is 6.23. The smallest absolute Gasteiger partial charge is 0.122 e. The number of likely N-dealkylation sites (tertiary alicyclic amines) is 1. The van der Waals surface area contributed by atoms with Gasteiger partial charge in [-0.1, -0.05) is 13.8 Å². The van der Waals surface area contributed by atoms with Crippen molar-refractivity contribution in [2.75, 3.05) is 26.2 Å². The van der Waals surface area contributed by atoms with Crippen molar-refractivity contribution in [1.29, 1.82) is 0 Å². The molecule has 2 N–H and O–H groups in total. The van der Waals surface area contributed by atoms with Crippen molar-refractivity contribution in [3.8, 4) is 0 Å². The quantitative estimate of drug-likeness (QED) is 0.868. The summed E-state index contributed by atoms with van der Waals surface area (Å²) in [5.74, 6) is 1.97. The summed E-state index contributed by atoms with van der Waals surface area (Å²) in [5, 5.41) is 0. The Labute approximate surface area is 122 Å². The van der Waals surface area contributed by atoms with Crippen molar-refractivity contribution in [3.63, 3.8) is 0 Å². The molecule has 0 amide bonds. The molecule has 2 heterocycles. The van der Waals surface area contributed by atoms with Gasteiger partial charge >= 0.3 is 0 Å². The van der Waals surface area contributed by atoms with Crippen LogP contribution in [0.25, 0.3) is 0 Å². The lowest BCUT2D eigenvalue weighted by Gasteiger charge is -2.31. The highest BCUT2D eigenvalue weighted by Gasteiger charge is 2.34. The monoisotopic (exact) mass is 279 g/mol. The van der Waals surface area contributed by atoms with Crippen molar-refractivity contribution >= 4 is 0 Å². The summed E-state index contributed by atoms with van der Waals surface area (Å²) in [6.45, 7) is 13.0. The third kappa shape index (κ3) is 3.25. The molecule has 1 fully saturated rings. The molecular weight excluding hydrogens is 250 g/mol. The Balaban J connectivity index is 2.09. The molecule has 0 bridgehead atoms. The number of furan rings is 1. The molecule has 0 aromatic carbocycles. The van der Waals surface area contributed by atoms with Crippen molar-refractivity contribution < 1.29 is 4.42 Å². The number of hydrogen-bond donors (Lipinski definition) is 1. The number of rotatable bonds is 6. The molecule has 0 aliphatic carbocycles. The van der Waals surface area contributed by atoms with Gasteiger partial charge in [0, 0.05) is 25.2 Å².